The third kappa shape index (κ3) is 4.11. The van der Waals surface area contributed by atoms with Crippen LogP contribution >= 0.6 is 11.6 Å². The van der Waals surface area contributed by atoms with Crippen LogP contribution in [0.25, 0.3) is 0 Å². The molecule has 1 amide bonds. The Kier molecular flexibility index (Phi) is 5.07. The van der Waals surface area contributed by atoms with Gasteiger partial charge in [-0.2, -0.15) is 5.10 Å². The van der Waals surface area contributed by atoms with Crippen molar-refractivity contribution in [3.05, 3.63) is 76.8 Å². The van der Waals surface area contributed by atoms with Crippen LogP contribution in [0, 0.1) is 0 Å². The smallest absolute Gasteiger partial charge is 0.255 e. The Morgan fingerprint density at radius 3 is 2.93 bits per heavy atom. The minimum Gasteiger partial charge on any atom is -0.487 e. The van der Waals surface area contributed by atoms with Gasteiger partial charge in [-0.3, -0.25) is 14.9 Å². The number of nitrogens with one attached hydrogen (secondary N) is 1. The average Bonchev–Trinajstić information content (AvgIpc) is 3.37. The number of pyridine rings is 1. The lowest BCUT2D eigenvalue weighted by molar-refractivity contribution is 0.0790. The number of amides is 1. The molecule has 3 aromatic rings. The first kappa shape index (κ1) is 17.5. The molecule has 1 fully saturated rings. The molecule has 1 atom stereocenters. The molecule has 0 aliphatic carbocycles. The van der Waals surface area contributed by atoms with Crippen LogP contribution < -0.4 is 4.74 Å². The highest BCUT2D eigenvalue weighted by Crippen LogP contribution is 2.27. The molecule has 0 saturated carbocycles. The Bertz CT molecular complexity index is 911. The van der Waals surface area contributed by atoms with E-state index in [1.54, 1.807) is 36.7 Å². The number of ether oxygens (including phenoxy) is 1. The lowest BCUT2D eigenvalue weighted by atomic mass is 10.1. The minimum absolute atomic E-state index is 0.0208. The Morgan fingerprint density at radius 1 is 1.30 bits per heavy atom. The summed E-state index contributed by atoms with van der Waals surface area (Å²) in [5.41, 5.74) is 2.49. The Hall–Kier alpha value is -2.86. The van der Waals surface area contributed by atoms with Crippen LogP contribution in [0.3, 0.4) is 0 Å². The summed E-state index contributed by atoms with van der Waals surface area (Å²) in [4.78, 5) is 18.4. The molecule has 4 rings (SSSR count). The summed E-state index contributed by atoms with van der Waals surface area (Å²) in [6.07, 6.45) is 4.17. The van der Waals surface area contributed by atoms with Crippen molar-refractivity contribution in [2.45, 2.75) is 18.9 Å². The van der Waals surface area contributed by atoms with Crippen molar-refractivity contribution >= 4 is 17.5 Å². The summed E-state index contributed by atoms with van der Waals surface area (Å²) >= 11 is 5.87. The molecule has 1 N–H and O–H groups in total. The first-order chi connectivity index (χ1) is 13.2. The quantitative estimate of drug-likeness (QED) is 0.730. The lowest BCUT2D eigenvalue weighted by Crippen LogP contribution is -2.28. The second kappa shape index (κ2) is 7.80. The molecule has 2 aromatic heterocycles. The standard InChI is InChI=1S/C20H19ClN4O2/c21-16-3-5-18(6-4-16)27-13-17-10-19(24-23-17)15-7-9-25(12-15)20(26)14-2-1-8-22-11-14/h1-6,8,10-11,15H,7,9,12-13H2,(H,23,24)/t15-/m0/s1. The minimum atomic E-state index is 0.0208. The van der Waals surface area contributed by atoms with E-state index in [-0.39, 0.29) is 11.8 Å². The van der Waals surface area contributed by atoms with Crippen LogP contribution in [-0.4, -0.2) is 39.1 Å². The van der Waals surface area contributed by atoms with Gasteiger partial charge < -0.3 is 9.64 Å². The maximum Gasteiger partial charge on any atom is 0.255 e. The van der Waals surface area contributed by atoms with Gasteiger partial charge in [-0.05, 0) is 48.9 Å². The number of carbonyl (C=O) groups is 1. The number of benzene rings is 1. The predicted molar refractivity (Wildman–Crippen MR) is 102 cm³/mol. The highest BCUT2D eigenvalue weighted by molar-refractivity contribution is 6.30. The number of likely N-dealkylation sites (tertiary alicyclic amines) is 1. The summed E-state index contributed by atoms with van der Waals surface area (Å²) in [6.45, 7) is 1.79. The zero-order chi connectivity index (χ0) is 18.6. The van der Waals surface area contributed by atoms with Crippen LogP contribution in [0.1, 0.15) is 34.1 Å². The number of nitrogens with zero attached hydrogens (tertiary/aromatic N) is 3. The maximum atomic E-state index is 12.5. The van der Waals surface area contributed by atoms with Crippen LogP contribution in [0.4, 0.5) is 0 Å². The van der Waals surface area contributed by atoms with Gasteiger partial charge in [0.05, 0.1) is 17.0 Å². The van der Waals surface area contributed by atoms with Gasteiger partial charge in [0, 0.05) is 36.4 Å². The summed E-state index contributed by atoms with van der Waals surface area (Å²) in [7, 11) is 0. The third-order valence-corrected chi connectivity index (χ3v) is 4.91. The van der Waals surface area contributed by atoms with Gasteiger partial charge >= 0.3 is 0 Å². The van der Waals surface area contributed by atoms with E-state index in [1.807, 2.05) is 23.1 Å². The molecule has 0 unspecified atom stereocenters. The highest BCUT2D eigenvalue weighted by atomic mass is 35.5. The van der Waals surface area contributed by atoms with Crippen LogP contribution in [0.5, 0.6) is 5.75 Å². The van der Waals surface area contributed by atoms with Crippen molar-refractivity contribution in [3.8, 4) is 5.75 Å². The molecule has 138 valence electrons. The Morgan fingerprint density at radius 2 is 2.15 bits per heavy atom. The van der Waals surface area contributed by atoms with E-state index in [0.29, 0.717) is 23.7 Å². The first-order valence-corrected chi connectivity index (χ1v) is 9.19. The summed E-state index contributed by atoms with van der Waals surface area (Å²) in [5, 5.41) is 8.12. The van der Waals surface area contributed by atoms with Gasteiger partial charge in [-0.1, -0.05) is 11.6 Å². The molecule has 6 nitrogen and oxygen atoms in total. The monoisotopic (exact) mass is 382 g/mol. The van der Waals surface area contributed by atoms with E-state index in [1.165, 1.54) is 0 Å². The van der Waals surface area contributed by atoms with Crippen LogP contribution in [0.2, 0.25) is 5.02 Å². The second-order valence-corrected chi connectivity index (χ2v) is 6.98. The topological polar surface area (TPSA) is 71.1 Å². The maximum absolute atomic E-state index is 12.5. The van der Waals surface area contributed by atoms with Crippen LogP contribution in [0.15, 0.2) is 54.9 Å². The number of carbonyl (C=O) groups excluding carboxylic acids is 1. The third-order valence-electron chi connectivity index (χ3n) is 4.66. The Balaban J connectivity index is 1.35. The molecule has 1 aromatic carbocycles. The molecule has 0 radical (unpaired) electrons. The lowest BCUT2D eigenvalue weighted by Gasteiger charge is -2.15. The summed E-state index contributed by atoms with van der Waals surface area (Å²) in [6, 6.07) is 12.8. The van der Waals surface area contributed by atoms with Crippen molar-refractivity contribution in [1.82, 2.24) is 20.1 Å². The molecule has 27 heavy (non-hydrogen) atoms. The van der Waals surface area contributed by atoms with E-state index in [0.717, 1.165) is 30.1 Å². The number of rotatable bonds is 5. The van der Waals surface area contributed by atoms with Gasteiger partial charge in [0.1, 0.15) is 12.4 Å². The number of aromatic amines is 1. The van der Waals surface area contributed by atoms with E-state index < -0.39 is 0 Å². The zero-order valence-corrected chi connectivity index (χ0v) is 15.4. The van der Waals surface area contributed by atoms with Crippen molar-refractivity contribution in [2.75, 3.05) is 13.1 Å². The molecule has 0 spiro atoms. The van der Waals surface area contributed by atoms with Crippen molar-refractivity contribution in [3.63, 3.8) is 0 Å². The highest BCUT2D eigenvalue weighted by Gasteiger charge is 2.29. The normalized spacial score (nSPS) is 16.5. The summed E-state index contributed by atoms with van der Waals surface area (Å²) < 4.78 is 5.74. The molecule has 1 saturated heterocycles. The van der Waals surface area contributed by atoms with E-state index in [9.17, 15) is 4.79 Å². The van der Waals surface area contributed by atoms with E-state index in [4.69, 9.17) is 16.3 Å². The number of hydrogen-bond acceptors (Lipinski definition) is 4. The van der Waals surface area contributed by atoms with Crippen molar-refractivity contribution in [1.29, 1.82) is 0 Å². The molecule has 1 aliphatic rings. The largest absolute Gasteiger partial charge is 0.487 e. The summed E-state index contributed by atoms with van der Waals surface area (Å²) in [5.74, 6) is 1.00. The van der Waals surface area contributed by atoms with Crippen molar-refractivity contribution in [2.24, 2.45) is 0 Å². The fraction of sp³-hybridized carbons (Fsp3) is 0.250. The Labute approximate surface area is 162 Å². The molecule has 1 aliphatic heterocycles. The van der Waals surface area contributed by atoms with E-state index in [2.05, 4.69) is 15.2 Å². The van der Waals surface area contributed by atoms with Gasteiger partial charge in [-0.15, -0.1) is 0 Å². The van der Waals surface area contributed by atoms with E-state index >= 15 is 0 Å². The van der Waals surface area contributed by atoms with Gasteiger partial charge in [0.2, 0.25) is 0 Å². The average molecular weight is 383 g/mol. The zero-order valence-electron chi connectivity index (χ0n) is 14.6. The SMILES string of the molecule is O=C(c1cccnc1)N1CC[C@H](c2cc(COc3ccc(Cl)cc3)[nH]n2)C1. The van der Waals surface area contributed by atoms with Gasteiger partial charge in [0.15, 0.2) is 0 Å². The molecular weight excluding hydrogens is 364 g/mol. The molecule has 3 heterocycles. The first-order valence-electron chi connectivity index (χ1n) is 8.81. The fourth-order valence-electron chi connectivity index (χ4n) is 3.21. The predicted octanol–water partition coefficient (Wildman–Crippen LogP) is 3.67. The molecule has 0 bridgehead atoms. The van der Waals surface area contributed by atoms with Crippen molar-refractivity contribution < 1.29 is 9.53 Å². The van der Waals surface area contributed by atoms with Crippen LogP contribution in [-0.2, 0) is 6.61 Å². The number of H-pyrrole nitrogens is 1. The van der Waals surface area contributed by atoms with Gasteiger partial charge in [0.25, 0.3) is 5.91 Å². The number of aromatic nitrogens is 3. The fourth-order valence-corrected chi connectivity index (χ4v) is 3.34. The van der Waals surface area contributed by atoms with Gasteiger partial charge in [-0.25, -0.2) is 0 Å². The number of hydrogen-bond donors (Lipinski definition) is 1. The molecule has 7 heteroatoms. The second-order valence-electron chi connectivity index (χ2n) is 6.54. The number of halogens is 1. The molecular formula is C20H19ClN4O2.